The first-order chi connectivity index (χ1) is 9.37. The number of pyridine rings is 1. The Morgan fingerprint density at radius 3 is 2.55 bits per heavy atom. The number of nitrogens with zero attached hydrogens (tertiary/aromatic N) is 3. The van der Waals surface area contributed by atoms with Gasteiger partial charge in [-0.15, -0.1) is 0 Å². The summed E-state index contributed by atoms with van der Waals surface area (Å²) in [5.74, 6) is 0.0173. The minimum Gasteiger partial charge on any atom is -0.493 e. The lowest BCUT2D eigenvalue weighted by Crippen LogP contribution is -2.29. The monoisotopic (exact) mass is 279 g/mol. The van der Waals surface area contributed by atoms with Gasteiger partial charge in [-0.05, 0) is 32.9 Å². The van der Waals surface area contributed by atoms with Gasteiger partial charge in [-0.3, -0.25) is 9.67 Å². The fraction of sp³-hybridized carbons (Fsp3) is 0.429. The maximum Gasteiger partial charge on any atom is 0.163 e. The van der Waals surface area contributed by atoms with Crippen molar-refractivity contribution in [2.24, 2.45) is 0 Å². The molecule has 2 aromatic heterocycles. The molecule has 2 heterocycles. The van der Waals surface area contributed by atoms with E-state index >= 15 is 0 Å². The molecule has 0 saturated carbocycles. The molecule has 1 unspecified atom stereocenters. The molecule has 0 aliphatic rings. The molecule has 0 saturated heterocycles. The van der Waals surface area contributed by atoms with Crippen LogP contribution in [-0.4, -0.2) is 27.0 Å². The number of hydrogen-bond acceptors (Lipinski definition) is 4. The lowest BCUT2D eigenvalue weighted by molar-refractivity contribution is 0.0821. The Hall–Kier alpha value is -1.95. The number of aliphatic hydroxyl groups is 1. The minimum atomic E-state index is -1.43. The summed E-state index contributed by atoms with van der Waals surface area (Å²) in [6.45, 7) is 5.49. The molecule has 0 radical (unpaired) electrons. The Kier molecular flexibility index (Phi) is 3.76. The van der Waals surface area contributed by atoms with Crippen LogP contribution >= 0.6 is 0 Å². The Bertz CT molecular complexity index is 591. The average molecular weight is 279 g/mol. The first-order valence-electron chi connectivity index (χ1n) is 6.34. The summed E-state index contributed by atoms with van der Waals surface area (Å²) in [6.07, 6.45) is 2.62. The summed E-state index contributed by atoms with van der Waals surface area (Å²) in [5, 5.41) is 15.1. The molecule has 0 bridgehead atoms. The summed E-state index contributed by atoms with van der Waals surface area (Å²) in [6, 6.07) is 2.76. The van der Waals surface area contributed by atoms with E-state index in [1.165, 1.54) is 19.2 Å². The molecule has 0 aromatic carbocycles. The number of methoxy groups -OCH3 is 1. The summed E-state index contributed by atoms with van der Waals surface area (Å²) >= 11 is 0. The molecule has 20 heavy (non-hydrogen) atoms. The van der Waals surface area contributed by atoms with Gasteiger partial charge in [-0.2, -0.15) is 5.10 Å². The normalized spacial score (nSPS) is 14.3. The molecule has 0 spiro atoms. The van der Waals surface area contributed by atoms with Crippen LogP contribution in [0.5, 0.6) is 5.75 Å². The Labute approximate surface area is 117 Å². The van der Waals surface area contributed by atoms with Crippen LogP contribution in [0.15, 0.2) is 24.5 Å². The number of hydrogen-bond donors (Lipinski definition) is 1. The van der Waals surface area contributed by atoms with E-state index in [1.807, 2.05) is 13.8 Å². The Morgan fingerprint density at radius 2 is 2.05 bits per heavy atom. The van der Waals surface area contributed by atoms with Crippen LogP contribution in [0.1, 0.15) is 38.2 Å². The lowest BCUT2D eigenvalue weighted by atomic mass is 9.96. The molecular weight excluding hydrogens is 261 g/mol. The third-order valence-corrected chi connectivity index (χ3v) is 3.16. The quantitative estimate of drug-likeness (QED) is 0.932. The van der Waals surface area contributed by atoms with Crippen molar-refractivity contribution in [1.82, 2.24) is 14.8 Å². The van der Waals surface area contributed by atoms with Crippen LogP contribution in [0, 0.1) is 5.82 Å². The highest BCUT2D eigenvalue weighted by Crippen LogP contribution is 2.35. The van der Waals surface area contributed by atoms with Gasteiger partial charge < -0.3 is 9.84 Å². The van der Waals surface area contributed by atoms with Gasteiger partial charge in [0.25, 0.3) is 0 Å². The zero-order chi connectivity index (χ0) is 14.9. The second-order valence-corrected chi connectivity index (χ2v) is 5.03. The summed E-state index contributed by atoms with van der Waals surface area (Å²) in [5.41, 5.74) is -0.603. The third-order valence-electron chi connectivity index (χ3n) is 3.16. The molecule has 108 valence electrons. The van der Waals surface area contributed by atoms with E-state index in [2.05, 4.69) is 10.1 Å². The van der Waals surface area contributed by atoms with Gasteiger partial charge >= 0.3 is 0 Å². The first-order valence-corrected chi connectivity index (χ1v) is 6.34. The van der Waals surface area contributed by atoms with Crippen molar-refractivity contribution in [2.75, 3.05) is 7.11 Å². The molecule has 2 aromatic rings. The summed E-state index contributed by atoms with van der Waals surface area (Å²) < 4.78 is 19.9. The fourth-order valence-corrected chi connectivity index (χ4v) is 2.14. The van der Waals surface area contributed by atoms with E-state index in [-0.39, 0.29) is 6.04 Å². The van der Waals surface area contributed by atoms with Crippen LogP contribution in [0.25, 0.3) is 0 Å². The standard InChI is InChI=1S/C14H18FN3O2/c1-9(2)18-13(11(20-4)8-17-18)14(3,19)12-6-5-10(15)7-16-12/h5-9,19H,1-4H3. The van der Waals surface area contributed by atoms with Gasteiger partial charge in [-0.25, -0.2) is 4.39 Å². The smallest absolute Gasteiger partial charge is 0.163 e. The van der Waals surface area contributed by atoms with Crippen LogP contribution in [0.2, 0.25) is 0 Å². The Balaban J connectivity index is 2.58. The molecule has 6 heteroatoms. The van der Waals surface area contributed by atoms with E-state index in [0.717, 1.165) is 6.20 Å². The highest BCUT2D eigenvalue weighted by molar-refractivity contribution is 5.37. The zero-order valence-corrected chi connectivity index (χ0v) is 12.0. The molecule has 1 atom stereocenters. The summed E-state index contributed by atoms with van der Waals surface area (Å²) in [7, 11) is 1.51. The highest BCUT2D eigenvalue weighted by Gasteiger charge is 2.35. The number of aromatic nitrogens is 3. The fourth-order valence-electron chi connectivity index (χ4n) is 2.14. The van der Waals surface area contributed by atoms with Crippen LogP contribution < -0.4 is 4.74 Å². The molecule has 5 nitrogen and oxygen atoms in total. The second-order valence-electron chi connectivity index (χ2n) is 5.03. The van der Waals surface area contributed by atoms with Crippen LogP contribution in [-0.2, 0) is 5.60 Å². The summed E-state index contributed by atoms with van der Waals surface area (Å²) in [4.78, 5) is 3.96. The van der Waals surface area contributed by atoms with Crippen molar-refractivity contribution < 1.29 is 14.2 Å². The van der Waals surface area contributed by atoms with Gasteiger partial charge in [0, 0.05) is 6.04 Å². The van der Waals surface area contributed by atoms with E-state index in [1.54, 1.807) is 17.8 Å². The van der Waals surface area contributed by atoms with Crippen molar-refractivity contribution in [3.63, 3.8) is 0 Å². The van der Waals surface area contributed by atoms with Crippen molar-refractivity contribution in [3.8, 4) is 5.75 Å². The van der Waals surface area contributed by atoms with Gasteiger partial charge in [0.05, 0.1) is 25.2 Å². The molecular formula is C14H18FN3O2. The van der Waals surface area contributed by atoms with Crippen molar-refractivity contribution in [3.05, 3.63) is 41.7 Å². The van der Waals surface area contributed by atoms with Gasteiger partial charge in [0.15, 0.2) is 5.75 Å². The van der Waals surface area contributed by atoms with E-state index in [9.17, 15) is 9.50 Å². The Morgan fingerprint density at radius 1 is 1.35 bits per heavy atom. The predicted molar refractivity (Wildman–Crippen MR) is 72.0 cm³/mol. The lowest BCUT2D eigenvalue weighted by Gasteiger charge is -2.26. The van der Waals surface area contributed by atoms with Gasteiger partial charge in [0.2, 0.25) is 0 Å². The van der Waals surface area contributed by atoms with Crippen molar-refractivity contribution in [2.45, 2.75) is 32.4 Å². The predicted octanol–water partition coefficient (Wildman–Crippen LogP) is 2.26. The van der Waals surface area contributed by atoms with Crippen molar-refractivity contribution >= 4 is 0 Å². The van der Waals surface area contributed by atoms with E-state index < -0.39 is 11.4 Å². The average Bonchev–Trinajstić information content (AvgIpc) is 2.84. The third kappa shape index (κ3) is 2.38. The maximum atomic E-state index is 13.0. The molecule has 1 N–H and O–H groups in total. The number of halogens is 1. The molecule has 0 aliphatic carbocycles. The van der Waals surface area contributed by atoms with E-state index in [4.69, 9.17) is 4.74 Å². The van der Waals surface area contributed by atoms with Crippen LogP contribution in [0.4, 0.5) is 4.39 Å². The second kappa shape index (κ2) is 5.20. The molecule has 0 amide bonds. The first kappa shape index (κ1) is 14.5. The molecule has 2 rings (SSSR count). The minimum absolute atomic E-state index is 0.0424. The molecule has 0 fully saturated rings. The van der Waals surface area contributed by atoms with Crippen molar-refractivity contribution in [1.29, 1.82) is 0 Å². The van der Waals surface area contributed by atoms with Crippen LogP contribution in [0.3, 0.4) is 0 Å². The topological polar surface area (TPSA) is 60.2 Å². The largest absolute Gasteiger partial charge is 0.493 e. The zero-order valence-electron chi connectivity index (χ0n) is 12.0. The van der Waals surface area contributed by atoms with Gasteiger partial charge in [0.1, 0.15) is 17.1 Å². The number of rotatable bonds is 4. The number of ether oxygens (including phenoxy) is 1. The maximum absolute atomic E-state index is 13.0. The molecule has 0 aliphatic heterocycles. The highest BCUT2D eigenvalue weighted by atomic mass is 19.1. The van der Waals surface area contributed by atoms with Gasteiger partial charge in [-0.1, -0.05) is 0 Å². The SMILES string of the molecule is COc1cnn(C(C)C)c1C(C)(O)c1ccc(F)cn1. The van der Waals surface area contributed by atoms with E-state index in [0.29, 0.717) is 17.1 Å².